The van der Waals surface area contributed by atoms with Crippen LogP contribution >= 0.6 is 11.6 Å². The number of ether oxygens (including phenoxy) is 1. The van der Waals surface area contributed by atoms with E-state index in [9.17, 15) is 0 Å². The van der Waals surface area contributed by atoms with Crippen LogP contribution in [0, 0.1) is 0 Å². The van der Waals surface area contributed by atoms with Crippen molar-refractivity contribution in [1.29, 1.82) is 0 Å². The molecule has 0 spiro atoms. The van der Waals surface area contributed by atoms with Gasteiger partial charge in [-0.2, -0.15) is 0 Å². The molecule has 1 atom stereocenters. The van der Waals surface area contributed by atoms with E-state index >= 15 is 0 Å². The third-order valence-corrected chi connectivity index (χ3v) is 3.98. The van der Waals surface area contributed by atoms with Gasteiger partial charge in [0.15, 0.2) is 0 Å². The van der Waals surface area contributed by atoms with E-state index in [1.54, 1.807) is 7.11 Å². The molecule has 3 aromatic carbocycles. The van der Waals surface area contributed by atoms with Gasteiger partial charge in [0.1, 0.15) is 5.75 Å². The SMILES string of the molecule is COc1cc(C(N)c2ccc3ccccc3c2)ccc1Cl. The number of halogens is 1. The molecule has 0 heterocycles. The van der Waals surface area contributed by atoms with Crippen molar-refractivity contribution in [2.45, 2.75) is 6.04 Å². The third-order valence-electron chi connectivity index (χ3n) is 3.67. The Morgan fingerprint density at radius 2 is 1.57 bits per heavy atom. The first-order chi connectivity index (χ1) is 10.2. The summed E-state index contributed by atoms with van der Waals surface area (Å²) in [6.45, 7) is 0. The number of nitrogens with two attached hydrogens (primary N) is 1. The summed E-state index contributed by atoms with van der Waals surface area (Å²) in [5.41, 5.74) is 8.43. The molecule has 0 fully saturated rings. The lowest BCUT2D eigenvalue weighted by Gasteiger charge is -2.15. The van der Waals surface area contributed by atoms with Gasteiger partial charge in [-0.25, -0.2) is 0 Å². The average Bonchev–Trinajstić information content (AvgIpc) is 2.54. The quantitative estimate of drug-likeness (QED) is 0.770. The summed E-state index contributed by atoms with van der Waals surface area (Å²) in [6, 6.07) is 20.0. The first-order valence-electron chi connectivity index (χ1n) is 6.77. The van der Waals surface area contributed by atoms with Crippen LogP contribution in [0.15, 0.2) is 60.7 Å². The van der Waals surface area contributed by atoms with Crippen molar-refractivity contribution in [1.82, 2.24) is 0 Å². The number of hydrogen-bond donors (Lipinski definition) is 1. The zero-order valence-corrected chi connectivity index (χ0v) is 12.5. The van der Waals surface area contributed by atoms with Gasteiger partial charge in [0.2, 0.25) is 0 Å². The monoisotopic (exact) mass is 297 g/mol. The Labute approximate surface area is 129 Å². The average molecular weight is 298 g/mol. The van der Waals surface area contributed by atoms with Crippen LogP contribution in [0.4, 0.5) is 0 Å². The van der Waals surface area contributed by atoms with Crippen molar-refractivity contribution >= 4 is 22.4 Å². The number of benzene rings is 3. The molecule has 106 valence electrons. The Bertz CT molecular complexity index is 785. The second-order valence-corrected chi connectivity index (χ2v) is 5.39. The molecule has 0 aliphatic rings. The fourth-order valence-electron chi connectivity index (χ4n) is 2.46. The van der Waals surface area contributed by atoms with E-state index < -0.39 is 0 Å². The van der Waals surface area contributed by atoms with Crippen molar-refractivity contribution in [3.63, 3.8) is 0 Å². The molecule has 2 nitrogen and oxygen atoms in total. The molecule has 0 bridgehead atoms. The maximum absolute atomic E-state index is 6.38. The van der Waals surface area contributed by atoms with Crippen LogP contribution in [0.1, 0.15) is 17.2 Å². The van der Waals surface area contributed by atoms with Crippen molar-refractivity contribution in [2.24, 2.45) is 5.73 Å². The summed E-state index contributed by atoms with van der Waals surface area (Å²) in [5.74, 6) is 0.644. The van der Waals surface area contributed by atoms with Crippen LogP contribution in [0.3, 0.4) is 0 Å². The van der Waals surface area contributed by atoms with E-state index in [0.717, 1.165) is 11.1 Å². The van der Waals surface area contributed by atoms with Crippen molar-refractivity contribution in [3.05, 3.63) is 76.8 Å². The van der Waals surface area contributed by atoms with Crippen molar-refractivity contribution in [2.75, 3.05) is 7.11 Å². The molecule has 0 saturated carbocycles. The third kappa shape index (κ3) is 2.73. The highest BCUT2D eigenvalue weighted by atomic mass is 35.5. The van der Waals surface area contributed by atoms with E-state index in [-0.39, 0.29) is 6.04 Å². The van der Waals surface area contributed by atoms with Gasteiger partial charge >= 0.3 is 0 Å². The fourth-order valence-corrected chi connectivity index (χ4v) is 2.66. The van der Waals surface area contributed by atoms with Crippen LogP contribution in [0.2, 0.25) is 5.02 Å². The minimum Gasteiger partial charge on any atom is -0.495 e. The highest BCUT2D eigenvalue weighted by Crippen LogP contribution is 2.30. The van der Waals surface area contributed by atoms with E-state index in [4.69, 9.17) is 22.1 Å². The predicted octanol–water partition coefficient (Wildman–Crippen LogP) is 4.55. The molecule has 0 amide bonds. The normalized spacial score (nSPS) is 12.3. The Morgan fingerprint density at radius 3 is 2.33 bits per heavy atom. The Balaban J connectivity index is 2.01. The van der Waals surface area contributed by atoms with Crippen LogP contribution < -0.4 is 10.5 Å². The van der Waals surface area contributed by atoms with Gasteiger partial charge in [0.25, 0.3) is 0 Å². The molecule has 3 heteroatoms. The summed E-state index contributed by atoms with van der Waals surface area (Å²) in [7, 11) is 1.60. The van der Waals surface area contributed by atoms with E-state index in [0.29, 0.717) is 10.8 Å². The fraction of sp³-hybridized carbons (Fsp3) is 0.111. The molecule has 0 aliphatic heterocycles. The largest absolute Gasteiger partial charge is 0.495 e. The minimum absolute atomic E-state index is 0.208. The van der Waals surface area contributed by atoms with Gasteiger partial charge in [-0.1, -0.05) is 54.1 Å². The number of methoxy groups -OCH3 is 1. The first kappa shape index (κ1) is 13.9. The van der Waals surface area contributed by atoms with Crippen LogP contribution in [0.5, 0.6) is 5.75 Å². The van der Waals surface area contributed by atoms with Crippen molar-refractivity contribution < 1.29 is 4.74 Å². The van der Waals surface area contributed by atoms with Gasteiger partial charge < -0.3 is 10.5 Å². The molecule has 0 saturated heterocycles. The highest BCUT2D eigenvalue weighted by molar-refractivity contribution is 6.32. The lowest BCUT2D eigenvalue weighted by molar-refractivity contribution is 0.414. The lowest BCUT2D eigenvalue weighted by Crippen LogP contribution is -2.11. The Kier molecular flexibility index (Phi) is 3.82. The summed E-state index contributed by atoms with van der Waals surface area (Å²) in [5, 5.41) is 2.99. The molecule has 21 heavy (non-hydrogen) atoms. The number of hydrogen-bond acceptors (Lipinski definition) is 2. The molecular weight excluding hydrogens is 282 g/mol. The lowest BCUT2D eigenvalue weighted by atomic mass is 9.97. The molecule has 0 aromatic heterocycles. The predicted molar refractivity (Wildman–Crippen MR) is 88.0 cm³/mol. The smallest absolute Gasteiger partial charge is 0.137 e. The zero-order chi connectivity index (χ0) is 14.8. The number of fused-ring (bicyclic) bond motifs is 1. The highest BCUT2D eigenvalue weighted by Gasteiger charge is 2.12. The first-order valence-corrected chi connectivity index (χ1v) is 7.14. The van der Waals surface area contributed by atoms with Crippen molar-refractivity contribution in [3.8, 4) is 5.75 Å². The molecule has 3 rings (SSSR count). The van der Waals surface area contributed by atoms with E-state index in [1.165, 1.54) is 10.8 Å². The summed E-state index contributed by atoms with van der Waals surface area (Å²) >= 11 is 6.06. The summed E-state index contributed by atoms with van der Waals surface area (Å²) in [4.78, 5) is 0. The maximum Gasteiger partial charge on any atom is 0.137 e. The molecule has 3 aromatic rings. The minimum atomic E-state index is -0.208. The second kappa shape index (κ2) is 5.76. The molecule has 1 unspecified atom stereocenters. The summed E-state index contributed by atoms with van der Waals surface area (Å²) < 4.78 is 5.25. The molecule has 2 N–H and O–H groups in total. The maximum atomic E-state index is 6.38. The van der Waals surface area contributed by atoms with Gasteiger partial charge in [-0.05, 0) is 40.1 Å². The van der Waals surface area contributed by atoms with Gasteiger partial charge in [0, 0.05) is 0 Å². The summed E-state index contributed by atoms with van der Waals surface area (Å²) in [6.07, 6.45) is 0. The molecular formula is C18H16ClNO. The standard InChI is InChI=1S/C18H16ClNO/c1-21-17-11-15(8-9-16(17)19)18(20)14-7-6-12-4-2-3-5-13(12)10-14/h2-11,18H,20H2,1H3. The van der Waals surface area contributed by atoms with E-state index in [1.807, 2.05) is 30.3 Å². The second-order valence-electron chi connectivity index (χ2n) is 4.98. The van der Waals surface area contributed by atoms with Gasteiger partial charge in [0.05, 0.1) is 18.2 Å². The topological polar surface area (TPSA) is 35.2 Å². The van der Waals surface area contributed by atoms with Crippen LogP contribution in [0.25, 0.3) is 10.8 Å². The van der Waals surface area contributed by atoms with Crippen LogP contribution in [-0.2, 0) is 0 Å². The Morgan fingerprint density at radius 1 is 0.905 bits per heavy atom. The van der Waals surface area contributed by atoms with Gasteiger partial charge in [-0.3, -0.25) is 0 Å². The van der Waals surface area contributed by atoms with Crippen LogP contribution in [-0.4, -0.2) is 7.11 Å². The number of rotatable bonds is 3. The Hall–Kier alpha value is -2.03. The molecule has 0 radical (unpaired) electrons. The molecule has 0 aliphatic carbocycles. The van der Waals surface area contributed by atoms with Gasteiger partial charge in [-0.15, -0.1) is 0 Å². The zero-order valence-electron chi connectivity index (χ0n) is 11.7. The van der Waals surface area contributed by atoms with E-state index in [2.05, 4.69) is 30.3 Å².